The third-order valence-electron chi connectivity index (χ3n) is 5.19. The molecule has 2 N–H and O–H groups in total. The molecule has 0 atom stereocenters. The Hall–Kier alpha value is -2.55. The highest BCUT2D eigenvalue weighted by atomic mass is 32.2. The fourth-order valence-electron chi connectivity index (χ4n) is 3.70. The normalized spacial score (nSPS) is 14.9. The number of benzene rings is 2. The van der Waals surface area contributed by atoms with E-state index in [0.29, 0.717) is 41.0 Å². The number of hydrogen-bond donors (Lipinski definition) is 2. The van der Waals surface area contributed by atoms with Crippen molar-refractivity contribution in [1.82, 2.24) is 19.6 Å². The summed E-state index contributed by atoms with van der Waals surface area (Å²) in [6, 6.07) is 12.7. The maximum absolute atomic E-state index is 12.2. The van der Waals surface area contributed by atoms with Gasteiger partial charge in [-0.1, -0.05) is 24.3 Å². The van der Waals surface area contributed by atoms with Crippen LogP contribution in [0.5, 0.6) is 0 Å². The molecule has 0 radical (unpaired) electrons. The minimum absolute atomic E-state index is 0.119. The largest absolute Gasteiger partial charge is 0.310 e. The summed E-state index contributed by atoms with van der Waals surface area (Å²) in [5.74, 6) is 0.668. The van der Waals surface area contributed by atoms with Crippen molar-refractivity contribution in [3.63, 3.8) is 0 Å². The van der Waals surface area contributed by atoms with Crippen molar-refractivity contribution in [2.45, 2.75) is 24.3 Å². The zero-order chi connectivity index (χ0) is 19.7. The van der Waals surface area contributed by atoms with Crippen molar-refractivity contribution in [2.75, 3.05) is 20.1 Å². The van der Waals surface area contributed by atoms with Crippen molar-refractivity contribution < 1.29 is 8.42 Å². The molecule has 0 aliphatic carbocycles. The van der Waals surface area contributed by atoms with E-state index in [0.717, 1.165) is 24.2 Å². The summed E-state index contributed by atoms with van der Waals surface area (Å²) < 4.78 is 26.9. The van der Waals surface area contributed by atoms with Gasteiger partial charge in [0.25, 0.3) is 5.56 Å². The number of rotatable bonds is 5. The molecular formula is C20H22N4O3S. The molecule has 7 nitrogen and oxygen atoms in total. The van der Waals surface area contributed by atoms with E-state index < -0.39 is 10.0 Å². The number of aromatic amines is 1. The van der Waals surface area contributed by atoms with Crippen molar-refractivity contribution in [3.8, 4) is 0 Å². The van der Waals surface area contributed by atoms with Crippen LogP contribution in [0.25, 0.3) is 10.9 Å². The Balaban J connectivity index is 1.51. The van der Waals surface area contributed by atoms with Crippen molar-refractivity contribution >= 4 is 20.9 Å². The van der Waals surface area contributed by atoms with Crippen LogP contribution in [-0.4, -0.2) is 43.4 Å². The van der Waals surface area contributed by atoms with Crippen molar-refractivity contribution in [1.29, 1.82) is 0 Å². The topological polar surface area (TPSA) is 95.2 Å². The third kappa shape index (κ3) is 3.58. The standard InChI is InChI=1S/C20H22N4O3S/c1-21-28(26,27)18-8-4-5-14-13-24(11-9-15(14)18)12-10-19-22-17-7-3-2-6-16(17)20(25)23-19/h2-8,21H,9-13H2,1H3,(H,22,23,25). The first-order chi connectivity index (χ1) is 13.5. The Bertz CT molecular complexity index is 1190. The van der Waals surface area contributed by atoms with E-state index in [1.165, 1.54) is 7.05 Å². The molecule has 1 aliphatic heterocycles. The first kappa shape index (κ1) is 18.8. The van der Waals surface area contributed by atoms with Gasteiger partial charge in [-0.3, -0.25) is 9.69 Å². The van der Waals surface area contributed by atoms with Gasteiger partial charge in [0.2, 0.25) is 10.0 Å². The predicted octanol–water partition coefficient (Wildman–Crippen LogP) is 1.43. The van der Waals surface area contributed by atoms with Crippen LogP contribution in [0.2, 0.25) is 0 Å². The Morgan fingerprint density at radius 1 is 1.18 bits per heavy atom. The van der Waals surface area contributed by atoms with E-state index in [9.17, 15) is 13.2 Å². The van der Waals surface area contributed by atoms with Gasteiger partial charge in [0.1, 0.15) is 5.82 Å². The zero-order valence-corrected chi connectivity index (χ0v) is 16.4. The highest BCUT2D eigenvalue weighted by molar-refractivity contribution is 7.89. The van der Waals surface area contributed by atoms with Gasteiger partial charge in [-0.2, -0.15) is 0 Å². The maximum Gasteiger partial charge on any atom is 0.258 e. The summed E-state index contributed by atoms with van der Waals surface area (Å²) in [5, 5.41) is 0.594. The summed E-state index contributed by atoms with van der Waals surface area (Å²) in [6.45, 7) is 2.19. The Morgan fingerprint density at radius 2 is 2.00 bits per heavy atom. The van der Waals surface area contributed by atoms with Crippen molar-refractivity contribution in [3.05, 3.63) is 69.8 Å². The number of para-hydroxylation sites is 1. The number of nitrogens with one attached hydrogen (secondary N) is 2. The highest BCUT2D eigenvalue weighted by Gasteiger charge is 2.24. The molecule has 8 heteroatoms. The average molecular weight is 398 g/mol. The molecule has 0 bridgehead atoms. The van der Waals surface area contributed by atoms with E-state index in [2.05, 4.69) is 19.6 Å². The zero-order valence-electron chi connectivity index (χ0n) is 15.6. The van der Waals surface area contributed by atoms with Gasteiger partial charge >= 0.3 is 0 Å². The van der Waals surface area contributed by atoms with Crippen LogP contribution in [-0.2, 0) is 29.4 Å². The Kier molecular flexibility index (Phi) is 5.01. The lowest BCUT2D eigenvalue weighted by atomic mass is 9.99. The van der Waals surface area contributed by atoms with Crippen LogP contribution in [0, 0.1) is 0 Å². The lowest BCUT2D eigenvalue weighted by Gasteiger charge is -2.29. The molecule has 4 rings (SSSR count). The molecule has 28 heavy (non-hydrogen) atoms. The van der Waals surface area contributed by atoms with E-state index >= 15 is 0 Å². The monoisotopic (exact) mass is 398 g/mol. The van der Waals surface area contributed by atoms with Gasteiger partial charge in [-0.15, -0.1) is 0 Å². The Labute approximate surface area is 163 Å². The van der Waals surface area contributed by atoms with Crippen LogP contribution in [0.1, 0.15) is 17.0 Å². The number of fused-ring (bicyclic) bond motifs is 2. The second kappa shape index (κ2) is 7.46. The fraction of sp³-hybridized carbons (Fsp3) is 0.300. The van der Waals surface area contributed by atoms with Gasteiger partial charge < -0.3 is 4.98 Å². The molecule has 0 saturated carbocycles. The van der Waals surface area contributed by atoms with Crippen molar-refractivity contribution in [2.24, 2.45) is 0 Å². The molecule has 2 heterocycles. The number of nitrogens with zero attached hydrogens (tertiary/aromatic N) is 2. The van der Waals surface area contributed by atoms with Crippen LogP contribution in [0.3, 0.4) is 0 Å². The van der Waals surface area contributed by atoms with Crippen LogP contribution in [0.4, 0.5) is 0 Å². The number of aromatic nitrogens is 2. The quantitative estimate of drug-likeness (QED) is 0.678. The van der Waals surface area contributed by atoms with E-state index in [4.69, 9.17) is 0 Å². The molecule has 1 aliphatic rings. The molecule has 2 aromatic carbocycles. The van der Waals surface area contributed by atoms with Gasteiger partial charge in [0.15, 0.2) is 0 Å². The maximum atomic E-state index is 12.2. The lowest BCUT2D eigenvalue weighted by molar-refractivity contribution is 0.254. The summed E-state index contributed by atoms with van der Waals surface area (Å²) in [6.07, 6.45) is 1.30. The highest BCUT2D eigenvalue weighted by Crippen LogP contribution is 2.25. The third-order valence-corrected chi connectivity index (χ3v) is 6.69. The SMILES string of the molecule is CNS(=O)(=O)c1cccc2c1CCN(CCc1nc3ccccc3c(=O)[nH]1)C2. The first-order valence-electron chi connectivity index (χ1n) is 9.22. The minimum Gasteiger partial charge on any atom is -0.310 e. The first-order valence-corrected chi connectivity index (χ1v) is 10.7. The molecule has 3 aromatic rings. The van der Waals surface area contributed by atoms with Gasteiger partial charge in [0.05, 0.1) is 15.8 Å². The molecule has 0 unspecified atom stereocenters. The van der Waals surface area contributed by atoms with E-state index in [1.54, 1.807) is 18.2 Å². The van der Waals surface area contributed by atoms with E-state index in [-0.39, 0.29) is 5.56 Å². The summed E-state index contributed by atoms with van der Waals surface area (Å²) in [7, 11) is -2.02. The van der Waals surface area contributed by atoms with Crippen LogP contribution >= 0.6 is 0 Å². The van der Waals surface area contributed by atoms with Crippen LogP contribution in [0.15, 0.2) is 52.2 Å². The molecule has 1 aromatic heterocycles. The summed E-state index contributed by atoms with van der Waals surface area (Å²) >= 11 is 0. The predicted molar refractivity (Wildman–Crippen MR) is 108 cm³/mol. The molecule has 0 spiro atoms. The van der Waals surface area contributed by atoms with Gasteiger partial charge in [-0.05, 0) is 42.8 Å². The van der Waals surface area contributed by atoms with Gasteiger partial charge in [0, 0.05) is 26.1 Å². The average Bonchev–Trinajstić information content (AvgIpc) is 2.71. The Morgan fingerprint density at radius 3 is 2.82 bits per heavy atom. The number of hydrogen-bond acceptors (Lipinski definition) is 5. The second-order valence-electron chi connectivity index (χ2n) is 6.91. The molecular weight excluding hydrogens is 376 g/mol. The van der Waals surface area contributed by atoms with Crippen LogP contribution < -0.4 is 10.3 Å². The van der Waals surface area contributed by atoms with E-state index in [1.807, 2.05) is 24.3 Å². The summed E-state index contributed by atoms with van der Waals surface area (Å²) in [4.78, 5) is 22.2. The minimum atomic E-state index is -3.46. The number of H-pyrrole nitrogens is 1. The smallest absolute Gasteiger partial charge is 0.258 e. The number of sulfonamides is 1. The fourth-order valence-corrected chi connectivity index (χ4v) is 4.74. The molecule has 0 fully saturated rings. The molecule has 0 saturated heterocycles. The molecule has 0 amide bonds. The molecule has 146 valence electrons. The van der Waals surface area contributed by atoms with Gasteiger partial charge in [-0.25, -0.2) is 18.1 Å². The lowest BCUT2D eigenvalue weighted by Crippen LogP contribution is -2.34. The second-order valence-corrected chi connectivity index (χ2v) is 8.76. The summed E-state index contributed by atoms with van der Waals surface area (Å²) in [5.41, 5.74) is 2.51.